The third kappa shape index (κ3) is 6.30. The second kappa shape index (κ2) is 10.4. The minimum atomic E-state index is -0.162. The maximum atomic E-state index is 11.9. The summed E-state index contributed by atoms with van der Waals surface area (Å²) in [6.45, 7) is 6.04. The number of carbonyl (C=O) groups is 1. The Labute approximate surface area is 154 Å². The van der Waals surface area contributed by atoms with Gasteiger partial charge in [-0.25, -0.2) is 0 Å². The first-order chi connectivity index (χ1) is 12.1. The van der Waals surface area contributed by atoms with Crippen LogP contribution in [-0.2, 0) is 0 Å². The molecule has 1 heterocycles. The van der Waals surface area contributed by atoms with E-state index < -0.39 is 0 Å². The summed E-state index contributed by atoms with van der Waals surface area (Å²) in [7, 11) is 0. The van der Waals surface area contributed by atoms with Gasteiger partial charge >= 0.3 is 0 Å². The second-order valence-corrected chi connectivity index (χ2v) is 7.45. The monoisotopic (exact) mass is 366 g/mol. The van der Waals surface area contributed by atoms with Crippen LogP contribution in [0.2, 0.25) is 0 Å². The van der Waals surface area contributed by atoms with Crippen molar-refractivity contribution in [2.24, 2.45) is 4.99 Å². The average molecular weight is 367 g/mol. The first-order valence-electron chi connectivity index (χ1n) is 9.04. The highest BCUT2D eigenvalue weighted by Crippen LogP contribution is 2.27. The number of nitrogens with zero attached hydrogens (tertiary/aromatic N) is 1. The Morgan fingerprint density at radius 2 is 2.24 bits per heavy atom. The lowest BCUT2D eigenvalue weighted by Gasteiger charge is -2.17. The van der Waals surface area contributed by atoms with E-state index in [2.05, 4.69) is 34.1 Å². The zero-order valence-corrected chi connectivity index (χ0v) is 16.2. The standard InChI is InChI=1S/C18H30N4O2S/c1-4-19-18(22-14-6-7-15(12-14)25-3)21-10-5-9-20-17(23)16-13(2)8-11-24-16/h8,11,14-15H,4-7,9-10,12H2,1-3H3,(H,20,23)(H2,19,21,22). The van der Waals surface area contributed by atoms with Gasteiger partial charge in [0.25, 0.3) is 5.91 Å². The van der Waals surface area contributed by atoms with Crippen LogP contribution < -0.4 is 16.0 Å². The van der Waals surface area contributed by atoms with Gasteiger partial charge in [0.1, 0.15) is 0 Å². The fourth-order valence-electron chi connectivity index (χ4n) is 2.96. The summed E-state index contributed by atoms with van der Waals surface area (Å²) in [5.74, 6) is 1.11. The Morgan fingerprint density at radius 3 is 2.88 bits per heavy atom. The molecule has 2 rings (SSSR count). The summed E-state index contributed by atoms with van der Waals surface area (Å²) < 4.78 is 5.18. The molecule has 6 nitrogen and oxygen atoms in total. The van der Waals surface area contributed by atoms with Gasteiger partial charge < -0.3 is 20.4 Å². The van der Waals surface area contributed by atoms with Crippen molar-refractivity contribution in [2.75, 3.05) is 25.9 Å². The number of guanidine groups is 1. The van der Waals surface area contributed by atoms with Gasteiger partial charge in [-0.2, -0.15) is 11.8 Å². The Hall–Kier alpha value is -1.63. The molecule has 0 aromatic carbocycles. The van der Waals surface area contributed by atoms with Crippen molar-refractivity contribution < 1.29 is 9.21 Å². The minimum absolute atomic E-state index is 0.162. The number of furan rings is 1. The normalized spacial score (nSPS) is 20.5. The Balaban J connectivity index is 1.70. The van der Waals surface area contributed by atoms with Crippen LogP contribution >= 0.6 is 11.8 Å². The van der Waals surface area contributed by atoms with Crippen LogP contribution in [0.3, 0.4) is 0 Å². The number of aliphatic imine (C=N–C) groups is 1. The van der Waals surface area contributed by atoms with Gasteiger partial charge in [0.15, 0.2) is 11.7 Å². The van der Waals surface area contributed by atoms with Crippen LogP contribution in [0.25, 0.3) is 0 Å². The molecule has 1 amide bonds. The van der Waals surface area contributed by atoms with Crippen molar-refractivity contribution in [3.05, 3.63) is 23.7 Å². The molecule has 0 bridgehead atoms. The molecule has 0 aliphatic heterocycles. The molecule has 140 valence electrons. The van der Waals surface area contributed by atoms with E-state index >= 15 is 0 Å². The Morgan fingerprint density at radius 1 is 1.40 bits per heavy atom. The first kappa shape index (κ1) is 19.7. The van der Waals surface area contributed by atoms with Crippen molar-refractivity contribution in [3.8, 4) is 0 Å². The van der Waals surface area contributed by atoms with Gasteiger partial charge in [0, 0.05) is 36.5 Å². The molecule has 2 unspecified atom stereocenters. The number of carbonyl (C=O) groups excluding carboxylic acids is 1. The summed E-state index contributed by atoms with van der Waals surface area (Å²) in [5.41, 5.74) is 0.856. The van der Waals surface area contributed by atoms with Crippen molar-refractivity contribution in [3.63, 3.8) is 0 Å². The molecule has 1 aromatic rings. The van der Waals surface area contributed by atoms with E-state index in [0.717, 1.165) is 29.7 Å². The third-order valence-corrected chi connectivity index (χ3v) is 5.46. The number of hydrogen-bond donors (Lipinski definition) is 3. The second-order valence-electron chi connectivity index (χ2n) is 6.31. The molecule has 1 aliphatic rings. The Bertz CT molecular complexity index is 573. The minimum Gasteiger partial charge on any atom is -0.459 e. The van der Waals surface area contributed by atoms with Crippen LogP contribution in [0.15, 0.2) is 21.7 Å². The maximum absolute atomic E-state index is 11.9. The van der Waals surface area contributed by atoms with E-state index in [-0.39, 0.29) is 5.91 Å². The fraction of sp³-hybridized carbons (Fsp3) is 0.667. The van der Waals surface area contributed by atoms with Crippen LogP contribution in [0.5, 0.6) is 0 Å². The van der Waals surface area contributed by atoms with Gasteiger partial charge in [0.05, 0.1) is 6.26 Å². The molecule has 7 heteroatoms. The molecule has 1 fully saturated rings. The summed E-state index contributed by atoms with van der Waals surface area (Å²) >= 11 is 1.96. The lowest BCUT2D eigenvalue weighted by molar-refractivity contribution is 0.0925. The molecule has 25 heavy (non-hydrogen) atoms. The zero-order chi connectivity index (χ0) is 18.1. The predicted molar refractivity (Wildman–Crippen MR) is 104 cm³/mol. The molecule has 0 saturated heterocycles. The summed E-state index contributed by atoms with van der Waals surface area (Å²) in [6.07, 6.45) is 8.19. The van der Waals surface area contributed by atoms with Gasteiger partial charge in [-0.15, -0.1) is 0 Å². The molecule has 0 spiro atoms. The molecule has 2 atom stereocenters. The lowest BCUT2D eigenvalue weighted by Crippen LogP contribution is -2.42. The zero-order valence-electron chi connectivity index (χ0n) is 15.4. The van der Waals surface area contributed by atoms with Crippen molar-refractivity contribution in [1.82, 2.24) is 16.0 Å². The van der Waals surface area contributed by atoms with E-state index in [0.29, 0.717) is 24.9 Å². The summed E-state index contributed by atoms with van der Waals surface area (Å²) in [5, 5.41) is 10.5. The third-order valence-electron chi connectivity index (χ3n) is 4.36. The number of amides is 1. The Kier molecular flexibility index (Phi) is 8.18. The van der Waals surface area contributed by atoms with E-state index in [4.69, 9.17) is 4.42 Å². The molecular weight excluding hydrogens is 336 g/mol. The fourth-order valence-corrected chi connectivity index (χ4v) is 3.75. The highest BCUT2D eigenvalue weighted by molar-refractivity contribution is 7.99. The molecule has 0 radical (unpaired) electrons. The quantitative estimate of drug-likeness (QED) is 0.374. The van der Waals surface area contributed by atoms with Gasteiger partial charge in [-0.3, -0.25) is 9.79 Å². The topological polar surface area (TPSA) is 78.7 Å². The largest absolute Gasteiger partial charge is 0.459 e. The molecule has 1 aliphatic carbocycles. The number of rotatable bonds is 8. The van der Waals surface area contributed by atoms with Crippen molar-refractivity contribution in [2.45, 2.75) is 50.8 Å². The van der Waals surface area contributed by atoms with E-state index in [1.54, 1.807) is 6.07 Å². The van der Waals surface area contributed by atoms with Crippen LogP contribution in [-0.4, -0.2) is 49.0 Å². The van der Waals surface area contributed by atoms with E-state index in [1.165, 1.54) is 25.5 Å². The SMILES string of the molecule is CCNC(=NCCCNC(=O)c1occc1C)NC1CCC(SC)C1. The average Bonchev–Trinajstić information content (AvgIpc) is 3.23. The van der Waals surface area contributed by atoms with Crippen molar-refractivity contribution in [1.29, 1.82) is 0 Å². The number of hydrogen-bond acceptors (Lipinski definition) is 4. The van der Waals surface area contributed by atoms with Gasteiger partial charge in [-0.1, -0.05) is 0 Å². The van der Waals surface area contributed by atoms with Crippen LogP contribution in [0.4, 0.5) is 0 Å². The molecular formula is C18H30N4O2S. The van der Waals surface area contributed by atoms with Gasteiger partial charge in [0.2, 0.25) is 0 Å². The highest BCUT2D eigenvalue weighted by atomic mass is 32.2. The maximum Gasteiger partial charge on any atom is 0.287 e. The summed E-state index contributed by atoms with van der Waals surface area (Å²) in [6, 6.07) is 2.30. The highest BCUT2D eigenvalue weighted by Gasteiger charge is 2.24. The van der Waals surface area contributed by atoms with Crippen LogP contribution in [0, 0.1) is 6.92 Å². The van der Waals surface area contributed by atoms with E-state index in [9.17, 15) is 4.79 Å². The number of nitrogens with one attached hydrogen (secondary N) is 3. The smallest absolute Gasteiger partial charge is 0.287 e. The predicted octanol–water partition coefficient (Wildman–Crippen LogP) is 2.55. The van der Waals surface area contributed by atoms with Gasteiger partial charge in [-0.05, 0) is 51.9 Å². The molecule has 1 aromatic heterocycles. The van der Waals surface area contributed by atoms with E-state index in [1.807, 2.05) is 18.7 Å². The lowest BCUT2D eigenvalue weighted by atomic mass is 10.2. The van der Waals surface area contributed by atoms with Crippen LogP contribution in [0.1, 0.15) is 48.7 Å². The van der Waals surface area contributed by atoms with Crippen molar-refractivity contribution >= 4 is 23.6 Å². The molecule has 3 N–H and O–H groups in total. The molecule has 1 saturated carbocycles. The first-order valence-corrected chi connectivity index (χ1v) is 10.3. The summed E-state index contributed by atoms with van der Waals surface area (Å²) in [4.78, 5) is 16.6. The number of aryl methyl sites for hydroxylation is 1. The number of thioether (sulfide) groups is 1.